The van der Waals surface area contributed by atoms with Gasteiger partial charge in [0, 0.05) is 39.4 Å². The molecule has 2 saturated heterocycles. The lowest BCUT2D eigenvalue weighted by Gasteiger charge is -2.24. The average molecular weight is 316 g/mol. The van der Waals surface area contributed by atoms with Crippen LogP contribution in [-0.2, 0) is 9.47 Å². The summed E-state index contributed by atoms with van der Waals surface area (Å²) in [5, 5.41) is 0. The standard InChI is InChI=1S/2C8H18N2O/c1-4-11-7-8-9(2)5-6-10(8)3;1-4-11-7-10-6-5-9(3)8(10)2/h2*8H,4-7H2,1-3H3. The molecular weight excluding hydrogens is 280 g/mol. The van der Waals surface area contributed by atoms with Crippen LogP contribution in [0.4, 0.5) is 0 Å². The summed E-state index contributed by atoms with van der Waals surface area (Å²) in [6.45, 7) is 14.1. The Labute approximate surface area is 136 Å². The van der Waals surface area contributed by atoms with E-state index in [9.17, 15) is 0 Å². The highest BCUT2D eigenvalue weighted by molar-refractivity contribution is 4.76. The van der Waals surface area contributed by atoms with Crippen LogP contribution in [0.2, 0.25) is 0 Å². The quantitative estimate of drug-likeness (QED) is 0.721. The lowest BCUT2D eigenvalue weighted by Crippen LogP contribution is -2.38. The lowest BCUT2D eigenvalue weighted by molar-refractivity contribution is 0.0149. The highest BCUT2D eigenvalue weighted by Crippen LogP contribution is 2.10. The first-order chi connectivity index (χ1) is 10.5. The summed E-state index contributed by atoms with van der Waals surface area (Å²) in [6, 6.07) is 0. The number of ether oxygens (including phenoxy) is 2. The van der Waals surface area contributed by atoms with Crippen molar-refractivity contribution in [2.75, 3.05) is 73.9 Å². The predicted octanol–water partition coefficient (Wildman–Crippen LogP) is 0.800. The molecule has 6 nitrogen and oxygen atoms in total. The largest absolute Gasteiger partial charge is 0.379 e. The van der Waals surface area contributed by atoms with Crippen LogP contribution in [0.15, 0.2) is 0 Å². The van der Waals surface area contributed by atoms with E-state index in [0.29, 0.717) is 12.3 Å². The Bertz CT molecular complexity index is 283. The second-order valence-electron chi connectivity index (χ2n) is 6.15. The molecule has 0 aromatic carbocycles. The van der Waals surface area contributed by atoms with E-state index in [0.717, 1.165) is 52.7 Å². The molecule has 0 aromatic rings. The van der Waals surface area contributed by atoms with Gasteiger partial charge in [-0.15, -0.1) is 0 Å². The third-order valence-electron chi connectivity index (χ3n) is 4.66. The molecule has 132 valence electrons. The summed E-state index contributed by atoms with van der Waals surface area (Å²) in [6.07, 6.45) is 1.04. The van der Waals surface area contributed by atoms with Crippen molar-refractivity contribution in [3.63, 3.8) is 0 Å². The molecule has 0 aromatic heterocycles. The van der Waals surface area contributed by atoms with Gasteiger partial charge in [-0.25, -0.2) is 0 Å². The van der Waals surface area contributed by atoms with Gasteiger partial charge in [-0.3, -0.25) is 19.6 Å². The normalized spacial score (nSPS) is 25.6. The SMILES string of the molecule is CCOCC1N(C)CCN1C.CCOCN1CCN(C)C1C. The van der Waals surface area contributed by atoms with Gasteiger partial charge in [0.25, 0.3) is 0 Å². The minimum absolute atomic E-state index is 0.495. The van der Waals surface area contributed by atoms with Crippen molar-refractivity contribution in [3.8, 4) is 0 Å². The van der Waals surface area contributed by atoms with Crippen molar-refractivity contribution < 1.29 is 9.47 Å². The van der Waals surface area contributed by atoms with Crippen molar-refractivity contribution in [1.29, 1.82) is 0 Å². The van der Waals surface area contributed by atoms with E-state index >= 15 is 0 Å². The summed E-state index contributed by atoms with van der Waals surface area (Å²) in [5.74, 6) is 0. The smallest absolute Gasteiger partial charge is 0.100 e. The van der Waals surface area contributed by atoms with Crippen LogP contribution in [-0.4, -0.2) is 106 Å². The molecule has 0 N–H and O–H groups in total. The molecule has 1 atom stereocenters. The van der Waals surface area contributed by atoms with Crippen molar-refractivity contribution in [2.45, 2.75) is 33.1 Å². The first-order valence-electron chi connectivity index (χ1n) is 8.51. The molecular formula is C16H36N4O2. The van der Waals surface area contributed by atoms with E-state index in [2.05, 4.69) is 47.7 Å². The minimum Gasteiger partial charge on any atom is -0.379 e. The van der Waals surface area contributed by atoms with E-state index in [-0.39, 0.29) is 0 Å². The van der Waals surface area contributed by atoms with E-state index in [4.69, 9.17) is 9.47 Å². The summed E-state index contributed by atoms with van der Waals surface area (Å²) in [5.41, 5.74) is 0. The Morgan fingerprint density at radius 2 is 1.36 bits per heavy atom. The Hall–Kier alpha value is -0.240. The number of rotatable bonds is 6. The van der Waals surface area contributed by atoms with Gasteiger partial charge in [-0.1, -0.05) is 0 Å². The van der Waals surface area contributed by atoms with Gasteiger partial charge in [0.05, 0.1) is 18.9 Å². The molecule has 0 spiro atoms. The zero-order valence-electron chi connectivity index (χ0n) is 15.4. The van der Waals surface area contributed by atoms with Crippen molar-refractivity contribution in [1.82, 2.24) is 19.6 Å². The topological polar surface area (TPSA) is 31.4 Å². The fourth-order valence-corrected chi connectivity index (χ4v) is 2.75. The number of nitrogens with zero attached hydrogens (tertiary/aromatic N) is 4. The maximum atomic E-state index is 5.37. The zero-order chi connectivity index (χ0) is 16.5. The number of likely N-dealkylation sites (N-methyl/N-ethyl adjacent to an activating group) is 3. The molecule has 22 heavy (non-hydrogen) atoms. The van der Waals surface area contributed by atoms with Crippen LogP contribution in [0.5, 0.6) is 0 Å². The highest BCUT2D eigenvalue weighted by Gasteiger charge is 2.25. The first-order valence-corrected chi connectivity index (χ1v) is 8.51. The summed E-state index contributed by atoms with van der Waals surface area (Å²) >= 11 is 0. The third kappa shape index (κ3) is 6.10. The van der Waals surface area contributed by atoms with E-state index in [1.54, 1.807) is 0 Å². The zero-order valence-corrected chi connectivity index (χ0v) is 15.4. The fourth-order valence-electron chi connectivity index (χ4n) is 2.75. The fraction of sp³-hybridized carbons (Fsp3) is 1.00. The molecule has 0 aliphatic carbocycles. The lowest BCUT2D eigenvalue weighted by atomic mass is 10.5. The summed E-state index contributed by atoms with van der Waals surface area (Å²) in [4.78, 5) is 9.33. The molecule has 0 amide bonds. The molecule has 2 heterocycles. The van der Waals surface area contributed by atoms with Crippen LogP contribution < -0.4 is 0 Å². The van der Waals surface area contributed by atoms with Crippen LogP contribution in [0.1, 0.15) is 20.8 Å². The summed E-state index contributed by atoms with van der Waals surface area (Å²) in [7, 11) is 6.44. The van der Waals surface area contributed by atoms with Crippen LogP contribution in [0.25, 0.3) is 0 Å². The second-order valence-corrected chi connectivity index (χ2v) is 6.15. The molecule has 0 radical (unpaired) electrons. The Morgan fingerprint density at radius 3 is 1.82 bits per heavy atom. The van der Waals surface area contributed by atoms with Crippen LogP contribution in [0, 0.1) is 0 Å². The van der Waals surface area contributed by atoms with Crippen molar-refractivity contribution in [2.24, 2.45) is 0 Å². The molecule has 6 heteroatoms. The van der Waals surface area contributed by atoms with E-state index < -0.39 is 0 Å². The molecule has 2 fully saturated rings. The van der Waals surface area contributed by atoms with E-state index in [1.807, 2.05) is 13.8 Å². The van der Waals surface area contributed by atoms with Crippen molar-refractivity contribution >= 4 is 0 Å². The van der Waals surface area contributed by atoms with Gasteiger partial charge < -0.3 is 9.47 Å². The number of hydrogen-bond acceptors (Lipinski definition) is 6. The summed E-state index contributed by atoms with van der Waals surface area (Å²) < 4.78 is 10.7. The molecule has 0 saturated carbocycles. The van der Waals surface area contributed by atoms with E-state index in [1.165, 1.54) is 0 Å². The van der Waals surface area contributed by atoms with Gasteiger partial charge in [-0.2, -0.15) is 0 Å². The monoisotopic (exact) mass is 316 g/mol. The van der Waals surface area contributed by atoms with Gasteiger partial charge in [0.1, 0.15) is 6.73 Å². The Balaban J connectivity index is 0.000000220. The third-order valence-corrected chi connectivity index (χ3v) is 4.66. The predicted molar refractivity (Wildman–Crippen MR) is 90.8 cm³/mol. The first kappa shape index (κ1) is 19.8. The van der Waals surface area contributed by atoms with Crippen LogP contribution >= 0.6 is 0 Å². The number of hydrogen-bond donors (Lipinski definition) is 0. The van der Waals surface area contributed by atoms with Gasteiger partial charge >= 0.3 is 0 Å². The van der Waals surface area contributed by atoms with Crippen LogP contribution in [0.3, 0.4) is 0 Å². The molecule has 1 unspecified atom stereocenters. The second kappa shape index (κ2) is 10.5. The molecule has 2 aliphatic rings. The van der Waals surface area contributed by atoms with Crippen molar-refractivity contribution in [3.05, 3.63) is 0 Å². The maximum absolute atomic E-state index is 5.37. The maximum Gasteiger partial charge on any atom is 0.100 e. The van der Waals surface area contributed by atoms with Gasteiger partial charge in [0.2, 0.25) is 0 Å². The average Bonchev–Trinajstić information content (AvgIpc) is 3.00. The molecule has 2 rings (SSSR count). The molecule has 0 bridgehead atoms. The Morgan fingerprint density at radius 1 is 0.818 bits per heavy atom. The van der Waals surface area contributed by atoms with Gasteiger partial charge in [-0.05, 0) is 41.9 Å². The highest BCUT2D eigenvalue weighted by atomic mass is 16.5. The molecule has 2 aliphatic heterocycles. The van der Waals surface area contributed by atoms with Gasteiger partial charge in [0.15, 0.2) is 0 Å². The Kier molecular flexibility index (Phi) is 9.47. The minimum atomic E-state index is 0.495.